The number of thiophene rings is 3. The van der Waals surface area contributed by atoms with Gasteiger partial charge in [-0.3, -0.25) is 0 Å². The van der Waals surface area contributed by atoms with Gasteiger partial charge in [0.15, 0.2) is 0 Å². The van der Waals surface area contributed by atoms with Crippen LogP contribution >= 0.6 is 34.0 Å². The summed E-state index contributed by atoms with van der Waals surface area (Å²) in [5.41, 5.74) is 2.88. The summed E-state index contributed by atoms with van der Waals surface area (Å²) >= 11 is 5.71. The van der Waals surface area contributed by atoms with Crippen molar-refractivity contribution in [2.24, 2.45) is 0 Å². The van der Waals surface area contributed by atoms with E-state index >= 15 is 0 Å². The maximum absolute atomic E-state index is 2.27. The lowest BCUT2D eigenvalue weighted by molar-refractivity contribution is 1.47. The number of rotatable bonds is 4. The van der Waals surface area contributed by atoms with Crippen molar-refractivity contribution in [2.75, 3.05) is 0 Å². The molecular weight excluding hydrogens is 360 g/mol. The smallest absolute Gasteiger partial charge is 0.0449 e. The van der Waals surface area contributed by atoms with Gasteiger partial charge in [-0.05, 0) is 60.4 Å². The Kier molecular flexibility index (Phi) is 3.93. The van der Waals surface area contributed by atoms with Gasteiger partial charge in [0, 0.05) is 29.3 Å². The highest BCUT2D eigenvalue weighted by molar-refractivity contribution is 7.26. The van der Waals surface area contributed by atoms with E-state index in [4.69, 9.17) is 0 Å². The third-order valence-corrected chi connectivity index (χ3v) is 8.28. The quantitative estimate of drug-likeness (QED) is 0.434. The fourth-order valence-corrected chi connectivity index (χ4v) is 6.42. The van der Waals surface area contributed by atoms with Crippen LogP contribution in [0.4, 0.5) is 0 Å². The van der Waals surface area contributed by atoms with Crippen LogP contribution in [0.2, 0.25) is 0 Å². The van der Waals surface area contributed by atoms with Crippen LogP contribution in [0.3, 0.4) is 0 Å². The van der Waals surface area contributed by atoms with Gasteiger partial charge in [-0.15, -0.1) is 34.0 Å². The summed E-state index contributed by atoms with van der Waals surface area (Å²) in [5, 5.41) is 0. The van der Waals surface area contributed by atoms with Gasteiger partial charge >= 0.3 is 0 Å². The summed E-state index contributed by atoms with van der Waals surface area (Å²) in [6, 6.07) is 13.6. The molecule has 3 aromatic heterocycles. The highest BCUT2D eigenvalue weighted by Gasteiger charge is 2.13. The van der Waals surface area contributed by atoms with Crippen LogP contribution < -0.4 is 0 Å². The zero-order valence-electron chi connectivity index (χ0n) is 13.6. The molecule has 0 N–H and O–H groups in total. The molecule has 2 aliphatic carbocycles. The fourth-order valence-electron chi connectivity index (χ4n) is 3.15. The average molecular weight is 377 g/mol. The van der Waals surface area contributed by atoms with Crippen LogP contribution in [0.1, 0.15) is 22.6 Å². The van der Waals surface area contributed by atoms with Crippen LogP contribution in [0.5, 0.6) is 0 Å². The lowest BCUT2D eigenvalue weighted by atomic mass is 10.2. The summed E-state index contributed by atoms with van der Waals surface area (Å²) in [7, 11) is 0. The normalized spacial score (nSPS) is 15.8. The first kappa shape index (κ1) is 15.3. The van der Waals surface area contributed by atoms with Crippen molar-refractivity contribution in [1.29, 1.82) is 0 Å². The highest BCUT2D eigenvalue weighted by atomic mass is 32.1. The summed E-state index contributed by atoms with van der Waals surface area (Å²) < 4.78 is 0. The van der Waals surface area contributed by atoms with Crippen molar-refractivity contribution in [2.45, 2.75) is 12.8 Å². The van der Waals surface area contributed by atoms with E-state index in [-0.39, 0.29) is 0 Å². The molecular formula is C22H16S3. The predicted octanol–water partition coefficient (Wildman–Crippen LogP) is 7.89. The molecule has 0 spiro atoms. The Hall–Kier alpha value is -1.94. The largest absolute Gasteiger partial charge is 0.135 e. The zero-order chi connectivity index (χ0) is 16.6. The second kappa shape index (κ2) is 6.41. The molecule has 5 rings (SSSR count). The second-order valence-electron chi connectivity index (χ2n) is 6.14. The molecule has 2 aliphatic rings. The van der Waals surface area contributed by atoms with E-state index in [1.54, 1.807) is 0 Å². The molecule has 0 atom stereocenters. The predicted molar refractivity (Wildman–Crippen MR) is 114 cm³/mol. The van der Waals surface area contributed by atoms with Gasteiger partial charge in [-0.2, -0.15) is 0 Å². The molecule has 0 radical (unpaired) electrons. The Morgan fingerprint density at radius 1 is 0.480 bits per heavy atom. The minimum atomic E-state index is 1.07. The van der Waals surface area contributed by atoms with E-state index in [1.165, 1.54) is 40.4 Å². The van der Waals surface area contributed by atoms with Crippen molar-refractivity contribution in [3.05, 3.63) is 82.6 Å². The second-order valence-corrected chi connectivity index (χ2v) is 9.39. The summed E-state index contributed by atoms with van der Waals surface area (Å²) in [4.78, 5) is 8.28. The molecule has 3 heterocycles. The molecule has 0 amide bonds. The van der Waals surface area contributed by atoms with Gasteiger partial charge in [0.2, 0.25) is 0 Å². The molecule has 25 heavy (non-hydrogen) atoms. The van der Waals surface area contributed by atoms with Crippen LogP contribution in [0.25, 0.3) is 30.7 Å². The standard InChI is InChI=1S/C22H16S3/c1-2-6-15(5-1)17-9-11-19(23-17)21-13-14-22(25-21)20-12-10-18(24-20)16-7-3-4-8-16/h1-5,7,9-14H,6,8H2. The lowest BCUT2D eigenvalue weighted by Gasteiger charge is -1.96. The zero-order valence-corrected chi connectivity index (χ0v) is 16.0. The average Bonchev–Trinajstić information content (AvgIpc) is 3.48. The SMILES string of the molecule is C1=CCC(c2ccc(-c3ccc(-c4ccc(C5=CC=CC5)s4)s3)s2)=C1. The van der Waals surface area contributed by atoms with E-state index in [0.29, 0.717) is 0 Å². The third kappa shape index (κ3) is 2.93. The van der Waals surface area contributed by atoms with Crippen LogP contribution in [0.15, 0.2) is 72.9 Å². The molecule has 0 aliphatic heterocycles. The van der Waals surface area contributed by atoms with Crippen LogP contribution in [0, 0.1) is 0 Å². The van der Waals surface area contributed by atoms with Crippen molar-refractivity contribution in [1.82, 2.24) is 0 Å². The van der Waals surface area contributed by atoms with Crippen LogP contribution in [-0.2, 0) is 0 Å². The number of hydrogen-bond acceptors (Lipinski definition) is 3. The number of allylic oxidation sites excluding steroid dienone is 8. The Morgan fingerprint density at radius 2 is 0.840 bits per heavy atom. The van der Waals surface area contributed by atoms with Crippen molar-refractivity contribution >= 4 is 45.2 Å². The minimum Gasteiger partial charge on any atom is -0.135 e. The molecule has 0 unspecified atom stereocenters. The van der Waals surface area contributed by atoms with Gasteiger partial charge < -0.3 is 0 Å². The van der Waals surface area contributed by atoms with Gasteiger partial charge in [0.05, 0.1) is 0 Å². The van der Waals surface area contributed by atoms with E-state index in [2.05, 4.69) is 72.9 Å². The summed E-state index contributed by atoms with van der Waals surface area (Å²) in [6.45, 7) is 0. The Labute approximate surface area is 159 Å². The maximum atomic E-state index is 2.27. The maximum Gasteiger partial charge on any atom is 0.0449 e. The Balaban J connectivity index is 1.40. The Bertz CT molecular complexity index is 964. The molecule has 3 heteroatoms. The fraction of sp³-hybridized carbons (Fsp3) is 0.0909. The Morgan fingerprint density at radius 3 is 1.20 bits per heavy atom. The van der Waals surface area contributed by atoms with Gasteiger partial charge in [0.25, 0.3) is 0 Å². The van der Waals surface area contributed by atoms with E-state index in [1.807, 2.05) is 34.0 Å². The molecule has 0 aromatic carbocycles. The monoisotopic (exact) mass is 376 g/mol. The molecule has 0 nitrogen and oxygen atoms in total. The van der Waals surface area contributed by atoms with E-state index in [9.17, 15) is 0 Å². The van der Waals surface area contributed by atoms with Gasteiger partial charge in [-0.25, -0.2) is 0 Å². The number of hydrogen-bond donors (Lipinski definition) is 0. The first-order chi connectivity index (χ1) is 12.4. The topological polar surface area (TPSA) is 0 Å². The summed E-state index contributed by atoms with van der Waals surface area (Å²) in [5.74, 6) is 0. The van der Waals surface area contributed by atoms with Crippen molar-refractivity contribution < 1.29 is 0 Å². The van der Waals surface area contributed by atoms with Gasteiger partial charge in [-0.1, -0.05) is 36.5 Å². The van der Waals surface area contributed by atoms with Gasteiger partial charge in [0.1, 0.15) is 0 Å². The molecule has 0 fully saturated rings. The lowest BCUT2D eigenvalue weighted by Crippen LogP contribution is -1.70. The van der Waals surface area contributed by atoms with E-state index < -0.39 is 0 Å². The first-order valence-corrected chi connectivity index (χ1v) is 10.8. The first-order valence-electron chi connectivity index (χ1n) is 8.39. The van der Waals surface area contributed by atoms with E-state index in [0.717, 1.165) is 12.8 Å². The summed E-state index contributed by atoms with van der Waals surface area (Å²) in [6.07, 6.45) is 15.4. The molecule has 0 saturated carbocycles. The molecule has 3 aromatic rings. The minimum absolute atomic E-state index is 1.07. The molecule has 0 bridgehead atoms. The third-order valence-electron chi connectivity index (χ3n) is 4.48. The van der Waals surface area contributed by atoms with Crippen molar-refractivity contribution in [3.8, 4) is 19.5 Å². The molecule has 0 saturated heterocycles. The molecule has 122 valence electrons. The van der Waals surface area contributed by atoms with Crippen molar-refractivity contribution in [3.63, 3.8) is 0 Å². The highest BCUT2D eigenvalue weighted by Crippen LogP contribution is 2.42. The van der Waals surface area contributed by atoms with Crippen LogP contribution in [-0.4, -0.2) is 0 Å².